The van der Waals surface area contributed by atoms with Gasteiger partial charge in [-0.25, -0.2) is 0 Å². The summed E-state index contributed by atoms with van der Waals surface area (Å²) >= 11 is 0. The van der Waals surface area contributed by atoms with E-state index in [0.717, 1.165) is 19.4 Å². The Labute approximate surface area is 119 Å². The van der Waals surface area contributed by atoms with Gasteiger partial charge in [0, 0.05) is 12.2 Å². The minimum atomic E-state index is -0.131. The molecule has 2 atom stereocenters. The summed E-state index contributed by atoms with van der Waals surface area (Å²) in [6.45, 7) is 2.75. The highest BCUT2D eigenvalue weighted by Gasteiger charge is 2.24. The fraction of sp³-hybridized carbons (Fsp3) is 0.533. The van der Waals surface area contributed by atoms with Crippen molar-refractivity contribution in [1.82, 2.24) is 5.32 Å². The van der Waals surface area contributed by atoms with Crippen LogP contribution in [0.25, 0.3) is 0 Å². The van der Waals surface area contributed by atoms with E-state index in [1.807, 2.05) is 6.92 Å². The number of ether oxygens (including phenoxy) is 3. The summed E-state index contributed by atoms with van der Waals surface area (Å²) in [6.07, 6.45) is 2.16. The largest absolute Gasteiger partial charge is 0.493 e. The summed E-state index contributed by atoms with van der Waals surface area (Å²) in [6, 6.07) is 5.12. The SMILES string of the molecule is COc1ccc(C(=O)N[C@@H](C)[C@@H]2CCCO2)cc1OC. The van der Waals surface area contributed by atoms with E-state index in [1.165, 1.54) is 0 Å². The van der Waals surface area contributed by atoms with Gasteiger partial charge in [0.2, 0.25) is 0 Å². The van der Waals surface area contributed by atoms with Crippen molar-refractivity contribution in [3.05, 3.63) is 23.8 Å². The van der Waals surface area contributed by atoms with Crippen molar-refractivity contribution in [3.8, 4) is 11.5 Å². The maximum absolute atomic E-state index is 12.2. The van der Waals surface area contributed by atoms with Crippen LogP contribution < -0.4 is 14.8 Å². The summed E-state index contributed by atoms with van der Waals surface area (Å²) < 4.78 is 15.9. The Morgan fingerprint density at radius 2 is 2.10 bits per heavy atom. The molecular weight excluding hydrogens is 258 g/mol. The summed E-state index contributed by atoms with van der Waals surface area (Å²) in [5, 5.41) is 2.97. The van der Waals surface area contributed by atoms with Gasteiger partial charge < -0.3 is 19.5 Å². The molecule has 5 nitrogen and oxygen atoms in total. The maximum Gasteiger partial charge on any atom is 0.251 e. The summed E-state index contributed by atoms with van der Waals surface area (Å²) in [7, 11) is 3.12. The molecule has 110 valence electrons. The molecule has 20 heavy (non-hydrogen) atoms. The fourth-order valence-corrected chi connectivity index (χ4v) is 2.36. The first kappa shape index (κ1) is 14.7. The first-order valence-corrected chi connectivity index (χ1v) is 6.80. The molecular formula is C15H21NO4. The monoisotopic (exact) mass is 279 g/mol. The lowest BCUT2D eigenvalue weighted by Crippen LogP contribution is -2.40. The van der Waals surface area contributed by atoms with E-state index in [9.17, 15) is 4.79 Å². The molecule has 0 aromatic heterocycles. The Bertz CT molecular complexity index is 469. The molecule has 0 unspecified atom stereocenters. The Hall–Kier alpha value is -1.75. The highest BCUT2D eigenvalue weighted by Crippen LogP contribution is 2.27. The summed E-state index contributed by atoms with van der Waals surface area (Å²) in [4.78, 5) is 12.2. The average Bonchev–Trinajstić information content (AvgIpc) is 3.00. The fourth-order valence-electron chi connectivity index (χ4n) is 2.36. The Kier molecular flexibility index (Phi) is 4.84. The van der Waals surface area contributed by atoms with Crippen LogP contribution in [0.2, 0.25) is 0 Å². The van der Waals surface area contributed by atoms with Crippen LogP contribution in [0.3, 0.4) is 0 Å². The molecule has 1 aliphatic rings. The third kappa shape index (κ3) is 3.22. The molecule has 1 saturated heterocycles. The topological polar surface area (TPSA) is 56.8 Å². The molecule has 0 spiro atoms. The van der Waals surface area contributed by atoms with Gasteiger partial charge in [-0.2, -0.15) is 0 Å². The lowest BCUT2D eigenvalue weighted by atomic mass is 10.1. The number of nitrogens with one attached hydrogen (secondary N) is 1. The van der Waals surface area contributed by atoms with Crippen molar-refractivity contribution in [2.75, 3.05) is 20.8 Å². The van der Waals surface area contributed by atoms with Gasteiger partial charge >= 0.3 is 0 Å². The van der Waals surface area contributed by atoms with E-state index in [0.29, 0.717) is 17.1 Å². The molecule has 5 heteroatoms. The number of methoxy groups -OCH3 is 2. The Morgan fingerprint density at radius 1 is 1.35 bits per heavy atom. The second-order valence-electron chi connectivity index (χ2n) is 4.88. The summed E-state index contributed by atoms with van der Waals surface area (Å²) in [5.74, 6) is 1.02. The molecule has 1 N–H and O–H groups in total. The van der Waals surface area contributed by atoms with Gasteiger partial charge in [0.15, 0.2) is 11.5 Å². The van der Waals surface area contributed by atoms with Gasteiger partial charge in [0.1, 0.15) is 0 Å². The van der Waals surface area contributed by atoms with Gasteiger partial charge in [0.05, 0.1) is 26.4 Å². The molecule has 1 heterocycles. The van der Waals surface area contributed by atoms with Gasteiger partial charge in [-0.3, -0.25) is 4.79 Å². The maximum atomic E-state index is 12.2. The predicted octanol–water partition coefficient (Wildman–Crippen LogP) is 2.00. The number of carbonyl (C=O) groups is 1. The smallest absolute Gasteiger partial charge is 0.251 e. The van der Waals surface area contributed by atoms with E-state index in [2.05, 4.69) is 5.32 Å². The first-order valence-electron chi connectivity index (χ1n) is 6.80. The Morgan fingerprint density at radius 3 is 2.70 bits per heavy atom. The van der Waals surface area contributed by atoms with Crippen molar-refractivity contribution in [2.45, 2.75) is 31.9 Å². The minimum Gasteiger partial charge on any atom is -0.493 e. The number of carbonyl (C=O) groups excluding carboxylic acids is 1. The highest BCUT2D eigenvalue weighted by atomic mass is 16.5. The number of benzene rings is 1. The van der Waals surface area contributed by atoms with E-state index < -0.39 is 0 Å². The van der Waals surface area contributed by atoms with Crippen molar-refractivity contribution >= 4 is 5.91 Å². The van der Waals surface area contributed by atoms with E-state index >= 15 is 0 Å². The molecule has 1 amide bonds. The number of hydrogen-bond acceptors (Lipinski definition) is 4. The van der Waals surface area contributed by atoms with Crippen LogP contribution in [0, 0.1) is 0 Å². The molecule has 0 radical (unpaired) electrons. The van der Waals surface area contributed by atoms with Crippen LogP contribution in [0.4, 0.5) is 0 Å². The van der Waals surface area contributed by atoms with E-state index in [4.69, 9.17) is 14.2 Å². The standard InChI is InChI=1S/C15H21NO4/c1-10(12-5-4-8-20-12)16-15(17)11-6-7-13(18-2)14(9-11)19-3/h6-7,9-10,12H,4-5,8H2,1-3H3,(H,16,17)/t10-,12-/m0/s1. The lowest BCUT2D eigenvalue weighted by Gasteiger charge is -2.20. The first-order chi connectivity index (χ1) is 9.65. The highest BCUT2D eigenvalue weighted by molar-refractivity contribution is 5.95. The van der Waals surface area contributed by atoms with Crippen LogP contribution in [0.1, 0.15) is 30.1 Å². The quantitative estimate of drug-likeness (QED) is 0.895. The van der Waals surface area contributed by atoms with Crippen molar-refractivity contribution in [1.29, 1.82) is 0 Å². The van der Waals surface area contributed by atoms with Gasteiger partial charge in [-0.15, -0.1) is 0 Å². The molecule has 0 aliphatic carbocycles. The molecule has 1 aromatic rings. The van der Waals surface area contributed by atoms with Gasteiger partial charge in [-0.05, 0) is 38.0 Å². The van der Waals surface area contributed by atoms with Gasteiger partial charge in [-0.1, -0.05) is 0 Å². The lowest BCUT2D eigenvalue weighted by molar-refractivity contribution is 0.0712. The normalized spacial score (nSPS) is 19.4. The zero-order chi connectivity index (χ0) is 14.5. The van der Waals surface area contributed by atoms with Crippen molar-refractivity contribution in [3.63, 3.8) is 0 Å². The van der Waals surface area contributed by atoms with Crippen LogP contribution in [0.5, 0.6) is 11.5 Å². The zero-order valence-corrected chi connectivity index (χ0v) is 12.1. The van der Waals surface area contributed by atoms with Crippen molar-refractivity contribution < 1.29 is 19.0 Å². The minimum absolute atomic E-state index is 0.00176. The molecule has 1 fully saturated rings. The van der Waals surface area contributed by atoms with Crippen LogP contribution in [-0.2, 0) is 4.74 Å². The van der Waals surface area contributed by atoms with Crippen LogP contribution in [0.15, 0.2) is 18.2 Å². The average molecular weight is 279 g/mol. The Balaban J connectivity index is 2.04. The molecule has 1 aromatic carbocycles. The van der Waals surface area contributed by atoms with Crippen LogP contribution in [-0.4, -0.2) is 38.9 Å². The van der Waals surface area contributed by atoms with Gasteiger partial charge in [0.25, 0.3) is 5.91 Å². The predicted molar refractivity (Wildman–Crippen MR) is 75.4 cm³/mol. The second kappa shape index (κ2) is 6.61. The zero-order valence-electron chi connectivity index (χ0n) is 12.1. The summed E-state index contributed by atoms with van der Waals surface area (Å²) in [5.41, 5.74) is 0.549. The third-order valence-corrected chi connectivity index (χ3v) is 3.53. The molecule has 0 saturated carbocycles. The molecule has 0 bridgehead atoms. The number of rotatable bonds is 5. The third-order valence-electron chi connectivity index (χ3n) is 3.53. The molecule has 2 rings (SSSR count). The number of hydrogen-bond donors (Lipinski definition) is 1. The number of amides is 1. The van der Waals surface area contributed by atoms with Crippen molar-refractivity contribution in [2.24, 2.45) is 0 Å². The molecule has 1 aliphatic heterocycles. The van der Waals surface area contributed by atoms with E-state index in [-0.39, 0.29) is 18.1 Å². The second-order valence-corrected chi connectivity index (χ2v) is 4.88. The van der Waals surface area contributed by atoms with E-state index in [1.54, 1.807) is 32.4 Å². The van der Waals surface area contributed by atoms with Crippen LogP contribution >= 0.6 is 0 Å².